The van der Waals surface area contributed by atoms with Crippen LogP contribution in [0.5, 0.6) is 11.5 Å². The Balaban J connectivity index is 1.23. The number of anilines is 1. The van der Waals surface area contributed by atoms with Gasteiger partial charge in [-0.05, 0) is 67.6 Å². The van der Waals surface area contributed by atoms with E-state index in [1.807, 2.05) is 43.3 Å². The van der Waals surface area contributed by atoms with E-state index in [2.05, 4.69) is 20.8 Å². The molecule has 0 saturated heterocycles. The van der Waals surface area contributed by atoms with Crippen LogP contribution in [0, 0.1) is 6.92 Å². The van der Waals surface area contributed by atoms with Crippen LogP contribution in [0.3, 0.4) is 0 Å². The second kappa shape index (κ2) is 11.0. The van der Waals surface area contributed by atoms with Gasteiger partial charge in [-0.1, -0.05) is 17.7 Å². The predicted molar refractivity (Wildman–Crippen MR) is 129 cm³/mol. The molecule has 0 radical (unpaired) electrons. The fraction of sp³-hybridized carbons (Fsp3) is 0.154. The maximum Gasteiger partial charge on any atom is 0.254 e. The second-order valence-corrected chi connectivity index (χ2v) is 7.64. The fourth-order valence-corrected chi connectivity index (χ4v) is 3.11. The maximum atomic E-state index is 12.2. The Bertz CT molecular complexity index is 1280. The van der Waals surface area contributed by atoms with E-state index in [1.54, 1.807) is 43.5 Å². The fourth-order valence-electron chi connectivity index (χ4n) is 3.11. The van der Waals surface area contributed by atoms with Crippen LogP contribution < -0.4 is 20.1 Å². The van der Waals surface area contributed by atoms with E-state index in [-0.39, 0.29) is 25.0 Å². The predicted octanol–water partition coefficient (Wildman–Crippen LogP) is 4.00. The summed E-state index contributed by atoms with van der Waals surface area (Å²) in [5, 5.41) is 13.4. The van der Waals surface area contributed by atoms with Crippen molar-refractivity contribution in [2.45, 2.75) is 13.5 Å². The van der Waals surface area contributed by atoms with Gasteiger partial charge in [0.05, 0.1) is 13.7 Å². The third kappa shape index (κ3) is 6.44. The Morgan fingerprint density at radius 2 is 1.57 bits per heavy atom. The molecule has 9 nitrogen and oxygen atoms in total. The third-order valence-corrected chi connectivity index (χ3v) is 5.03. The molecule has 35 heavy (non-hydrogen) atoms. The highest BCUT2D eigenvalue weighted by atomic mass is 16.5. The van der Waals surface area contributed by atoms with Gasteiger partial charge >= 0.3 is 0 Å². The van der Waals surface area contributed by atoms with Crippen molar-refractivity contribution < 1.29 is 23.5 Å². The standard InChI is InChI=1S/C26H24N4O5/c1-17-3-5-18(6-4-17)25(32)27-15-23(31)28-20-9-13-22(14-10-20)34-16-24-29-30-26(35-24)19-7-11-21(33-2)12-8-19/h3-14H,15-16H2,1-2H3,(H,27,32)(H,28,31). The lowest BCUT2D eigenvalue weighted by atomic mass is 10.1. The first-order chi connectivity index (χ1) is 17.0. The molecular weight excluding hydrogens is 448 g/mol. The first-order valence-corrected chi connectivity index (χ1v) is 10.8. The van der Waals surface area contributed by atoms with Crippen molar-refractivity contribution in [3.63, 3.8) is 0 Å². The van der Waals surface area contributed by atoms with Gasteiger partial charge in [-0.3, -0.25) is 9.59 Å². The summed E-state index contributed by atoms with van der Waals surface area (Å²) in [6.45, 7) is 1.90. The zero-order chi connectivity index (χ0) is 24.6. The molecule has 0 spiro atoms. The van der Waals surface area contributed by atoms with Gasteiger partial charge in [-0.25, -0.2) is 0 Å². The topological polar surface area (TPSA) is 116 Å². The van der Waals surface area contributed by atoms with Crippen molar-refractivity contribution in [3.05, 3.63) is 89.8 Å². The molecule has 4 aromatic rings. The molecule has 0 aliphatic heterocycles. The summed E-state index contributed by atoms with van der Waals surface area (Å²) >= 11 is 0. The number of ether oxygens (including phenoxy) is 2. The number of aromatic nitrogens is 2. The average molecular weight is 473 g/mol. The number of aryl methyl sites for hydroxylation is 1. The number of hydrogen-bond acceptors (Lipinski definition) is 7. The lowest BCUT2D eigenvalue weighted by Gasteiger charge is -2.08. The Kier molecular flexibility index (Phi) is 7.37. The highest BCUT2D eigenvalue weighted by molar-refractivity contribution is 5.99. The summed E-state index contributed by atoms with van der Waals surface area (Å²) in [5.41, 5.74) is 2.91. The first-order valence-electron chi connectivity index (χ1n) is 10.8. The van der Waals surface area contributed by atoms with Gasteiger partial charge in [0.15, 0.2) is 6.61 Å². The normalized spacial score (nSPS) is 10.5. The van der Waals surface area contributed by atoms with E-state index in [9.17, 15) is 9.59 Å². The Morgan fingerprint density at radius 1 is 0.886 bits per heavy atom. The minimum absolute atomic E-state index is 0.0971. The quantitative estimate of drug-likeness (QED) is 0.378. The van der Waals surface area contributed by atoms with Gasteiger partial charge in [-0.15, -0.1) is 10.2 Å². The summed E-state index contributed by atoms with van der Waals surface area (Å²) in [5.74, 6) is 1.38. The van der Waals surface area contributed by atoms with E-state index in [0.717, 1.165) is 16.9 Å². The summed E-state index contributed by atoms with van der Waals surface area (Å²) in [6.07, 6.45) is 0. The van der Waals surface area contributed by atoms with Crippen LogP contribution in [0.2, 0.25) is 0 Å². The average Bonchev–Trinajstić information content (AvgIpc) is 3.36. The number of carbonyl (C=O) groups is 2. The highest BCUT2D eigenvalue weighted by Gasteiger charge is 2.11. The molecule has 2 N–H and O–H groups in total. The van der Waals surface area contributed by atoms with E-state index < -0.39 is 0 Å². The molecule has 0 unspecified atom stereocenters. The van der Waals surface area contributed by atoms with Crippen LogP contribution in [-0.2, 0) is 11.4 Å². The molecular formula is C26H24N4O5. The number of nitrogens with zero attached hydrogens (tertiary/aromatic N) is 2. The van der Waals surface area contributed by atoms with Crippen LogP contribution in [0.1, 0.15) is 21.8 Å². The molecule has 178 valence electrons. The van der Waals surface area contributed by atoms with Gasteiger partial charge in [0.1, 0.15) is 11.5 Å². The molecule has 0 aliphatic rings. The second-order valence-electron chi connectivity index (χ2n) is 7.64. The number of benzene rings is 3. The Morgan fingerprint density at radius 3 is 2.26 bits per heavy atom. The highest BCUT2D eigenvalue weighted by Crippen LogP contribution is 2.22. The molecule has 3 aromatic carbocycles. The molecule has 1 heterocycles. The van der Waals surface area contributed by atoms with Crippen molar-refractivity contribution in [2.24, 2.45) is 0 Å². The smallest absolute Gasteiger partial charge is 0.254 e. The number of hydrogen-bond donors (Lipinski definition) is 2. The van der Waals surface area contributed by atoms with Crippen LogP contribution in [-0.4, -0.2) is 35.7 Å². The largest absolute Gasteiger partial charge is 0.497 e. The van der Waals surface area contributed by atoms with Crippen molar-refractivity contribution in [1.82, 2.24) is 15.5 Å². The zero-order valence-corrected chi connectivity index (χ0v) is 19.3. The molecule has 0 bridgehead atoms. The molecule has 9 heteroatoms. The van der Waals surface area contributed by atoms with Gasteiger partial charge in [0.2, 0.25) is 11.8 Å². The van der Waals surface area contributed by atoms with Crippen molar-refractivity contribution in [1.29, 1.82) is 0 Å². The molecule has 0 fully saturated rings. The van der Waals surface area contributed by atoms with Crippen molar-refractivity contribution in [3.8, 4) is 23.0 Å². The zero-order valence-electron chi connectivity index (χ0n) is 19.3. The van der Waals surface area contributed by atoms with Gasteiger partial charge in [0, 0.05) is 16.8 Å². The molecule has 0 atom stereocenters. The lowest BCUT2D eigenvalue weighted by molar-refractivity contribution is -0.115. The van der Waals surface area contributed by atoms with Crippen molar-refractivity contribution in [2.75, 3.05) is 19.0 Å². The van der Waals surface area contributed by atoms with E-state index in [4.69, 9.17) is 13.9 Å². The molecule has 0 saturated carbocycles. The van der Waals surface area contributed by atoms with Crippen LogP contribution in [0.25, 0.3) is 11.5 Å². The Hall–Kier alpha value is -4.66. The van der Waals surface area contributed by atoms with Gasteiger partial charge in [0.25, 0.3) is 11.8 Å². The summed E-state index contributed by atoms with van der Waals surface area (Å²) in [4.78, 5) is 24.3. The van der Waals surface area contributed by atoms with E-state index in [1.165, 1.54) is 0 Å². The molecule has 0 aliphatic carbocycles. The minimum atomic E-state index is -0.337. The SMILES string of the molecule is COc1ccc(-c2nnc(COc3ccc(NC(=O)CNC(=O)c4ccc(C)cc4)cc3)o2)cc1. The number of methoxy groups -OCH3 is 1. The minimum Gasteiger partial charge on any atom is -0.497 e. The molecule has 2 amide bonds. The lowest BCUT2D eigenvalue weighted by Crippen LogP contribution is -2.32. The van der Waals surface area contributed by atoms with E-state index >= 15 is 0 Å². The summed E-state index contributed by atoms with van der Waals surface area (Å²) < 4.78 is 16.5. The van der Waals surface area contributed by atoms with Crippen LogP contribution in [0.15, 0.2) is 77.2 Å². The van der Waals surface area contributed by atoms with E-state index in [0.29, 0.717) is 28.8 Å². The summed E-state index contributed by atoms with van der Waals surface area (Å²) in [7, 11) is 1.60. The van der Waals surface area contributed by atoms with Gasteiger partial charge < -0.3 is 24.5 Å². The third-order valence-electron chi connectivity index (χ3n) is 5.03. The van der Waals surface area contributed by atoms with Gasteiger partial charge in [-0.2, -0.15) is 0 Å². The number of nitrogens with one attached hydrogen (secondary N) is 2. The molecule has 4 rings (SSSR count). The van der Waals surface area contributed by atoms with Crippen LogP contribution in [0.4, 0.5) is 5.69 Å². The number of amides is 2. The maximum absolute atomic E-state index is 12.2. The number of carbonyl (C=O) groups excluding carboxylic acids is 2. The first kappa shape index (κ1) is 23.5. The number of rotatable bonds is 9. The Labute approximate surface area is 202 Å². The van der Waals surface area contributed by atoms with Crippen LogP contribution >= 0.6 is 0 Å². The summed E-state index contributed by atoms with van der Waals surface area (Å²) in [6, 6.07) is 21.2. The monoisotopic (exact) mass is 472 g/mol. The van der Waals surface area contributed by atoms with Crippen molar-refractivity contribution >= 4 is 17.5 Å². The molecule has 1 aromatic heterocycles.